The molecule has 0 spiro atoms. The summed E-state index contributed by atoms with van der Waals surface area (Å²) in [6, 6.07) is 0. The van der Waals surface area contributed by atoms with Crippen molar-refractivity contribution in [1.29, 1.82) is 0 Å². The lowest BCUT2D eigenvalue weighted by molar-refractivity contribution is 0.168. The third kappa shape index (κ3) is 3.06. The summed E-state index contributed by atoms with van der Waals surface area (Å²) >= 11 is 1.59. The summed E-state index contributed by atoms with van der Waals surface area (Å²) in [4.78, 5) is 4.16. The number of aliphatic hydroxyl groups excluding tert-OH is 1. The molecule has 1 aromatic heterocycles. The minimum absolute atomic E-state index is 0.160. The quantitative estimate of drug-likeness (QED) is 0.755. The molecule has 0 aliphatic carbocycles. The van der Waals surface area contributed by atoms with Gasteiger partial charge in [0, 0.05) is 17.5 Å². The molecule has 0 aliphatic rings. The van der Waals surface area contributed by atoms with Crippen LogP contribution in [-0.4, -0.2) is 22.2 Å². The average molecular weight is 200 g/mol. The number of hydrogen-bond donors (Lipinski definition) is 2. The Morgan fingerprint density at radius 1 is 1.69 bits per heavy atom. The van der Waals surface area contributed by atoms with Gasteiger partial charge in [-0.3, -0.25) is 0 Å². The van der Waals surface area contributed by atoms with Crippen LogP contribution in [0.1, 0.15) is 26.0 Å². The maximum atomic E-state index is 9.13. The Kier molecular flexibility index (Phi) is 3.84. The van der Waals surface area contributed by atoms with E-state index in [0.29, 0.717) is 0 Å². The first kappa shape index (κ1) is 10.6. The van der Waals surface area contributed by atoms with Gasteiger partial charge in [0.25, 0.3) is 0 Å². The van der Waals surface area contributed by atoms with Gasteiger partial charge in [-0.15, -0.1) is 11.3 Å². The van der Waals surface area contributed by atoms with Gasteiger partial charge in [0.2, 0.25) is 0 Å². The van der Waals surface area contributed by atoms with E-state index in [1.165, 1.54) is 0 Å². The van der Waals surface area contributed by atoms with Gasteiger partial charge in [-0.05, 0) is 13.3 Å². The van der Waals surface area contributed by atoms with Crippen LogP contribution >= 0.6 is 11.3 Å². The first-order chi connectivity index (χ1) is 6.20. The van der Waals surface area contributed by atoms with Crippen LogP contribution < -0.4 is 5.32 Å². The van der Waals surface area contributed by atoms with Gasteiger partial charge in [-0.1, -0.05) is 6.92 Å². The second-order valence-electron chi connectivity index (χ2n) is 3.41. The standard InChI is InChI=1S/C9H16N2OS/c1-3-9(2,6-12)11-4-8-5-13-7-10-8/h5,7,11-12H,3-4,6H2,1-2H3. The molecule has 0 saturated heterocycles. The second-order valence-corrected chi connectivity index (χ2v) is 4.12. The SMILES string of the molecule is CCC(C)(CO)NCc1cscn1. The van der Waals surface area contributed by atoms with Crippen molar-refractivity contribution in [3.8, 4) is 0 Å². The number of rotatable bonds is 5. The zero-order valence-corrected chi connectivity index (χ0v) is 8.90. The molecule has 1 rings (SSSR count). The smallest absolute Gasteiger partial charge is 0.0795 e. The molecule has 0 saturated carbocycles. The number of hydrogen-bond acceptors (Lipinski definition) is 4. The van der Waals surface area contributed by atoms with E-state index in [1.807, 2.05) is 17.8 Å². The van der Waals surface area contributed by atoms with Gasteiger partial charge in [-0.25, -0.2) is 4.98 Å². The van der Waals surface area contributed by atoms with Crippen molar-refractivity contribution >= 4 is 11.3 Å². The third-order valence-electron chi connectivity index (χ3n) is 2.31. The molecular formula is C9H16N2OS. The number of nitrogens with zero attached hydrogens (tertiary/aromatic N) is 1. The van der Waals surface area contributed by atoms with Gasteiger partial charge < -0.3 is 10.4 Å². The van der Waals surface area contributed by atoms with Crippen molar-refractivity contribution < 1.29 is 5.11 Å². The zero-order valence-electron chi connectivity index (χ0n) is 8.08. The lowest BCUT2D eigenvalue weighted by atomic mass is 10.0. The van der Waals surface area contributed by atoms with Crippen molar-refractivity contribution in [2.45, 2.75) is 32.4 Å². The van der Waals surface area contributed by atoms with Gasteiger partial charge in [0.15, 0.2) is 0 Å². The van der Waals surface area contributed by atoms with E-state index in [-0.39, 0.29) is 12.1 Å². The van der Waals surface area contributed by atoms with Gasteiger partial charge in [0.05, 0.1) is 17.8 Å². The van der Waals surface area contributed by atoms with E-state index < -0.39 is 0 Å². The van der Waals surface area contributed by atoms with Crippen molar-refractivity contribution in [1.82, 2.24) is 10.3 Å². The van der Waals surface area contributed by atoms with Crippen LogP contribution in [0.15, 0.2) is 10.9 Å². The van der Waals surface area contributed by atoms with Crippen LogP contribution in [0.5, 0.6) is 0 Å². The highest BCUT2D eigenvalue weighted by Crippen LogP contribution is 2.09. The van der Waals surface area contributed by atoms with E-state index in [1.54, 1.807) is 11.3 Å². The summed E-state index contributed by atoms with van der Waals surface area (Å²) in [5.74, 6) is 0. The van der Waals surface area contributed by atoms with E-state index in [2.05, 4.69) is 17.2 Å². The number of aliphatic hydroxyl groups is 1. The van der Waals surface area contributed by atoms with Gasteiger partial charge >= 0.3 is 0 Å². The summed E-state index contributed by atoms with van der Waals surface area (Å²) in [6.07, 6.45) is 0.910. The molecule has 0 fully saturated rings. The first-order valence-electron chi connectivity index (χ1n) is 4.43. The molecule has 74 valence electrons. The molecule has 0 aromatic carbocycles. The minimum Gasteiger partial charge on any atom is -0.394 e. The number of thiazole rings is 1. The highest BCUT2D eigenvalue weighted by molar-refractivity contribution is 7.07. The summed E-state index contributed by atoms with van der Waals surface area (Å²) < 4.78 is 0. The molecule has 3 nitrogen and oxygen atoms in total. The Balaban J connectivity index is 2.41. The largest absolute Gasteiger partial charge is 0.394 e. The molecule has 0 bridgehead atoms. The fourth-order valence-electron chi connectivity index (χ4n) is 0.921. The maximum Gasteiger partial charge on any atom is 0.0795 e. The van der Waals surface area contributed by atoms with E-state index in [0.717, 1.165) is 18.7 Å². The molecule has 1 unspecified atom stereocenters. The van der Waals surface area contributed by atoms with E-state index >= 15 is 0 Å². The van der Waals surface area contributed by atoms with Crippen LogP contribution in [0.3, 0.4) is 0 Å². The molecule has 0 amide bonds. The van der Waals surface area contributed by atoms with Gasteiger partial charge in [0.1, 0.15) is 0 Å². The van der Waals surface area contributed by atoms with Crippen molar-refractivity contribution in [2.24, 2.45) is 0 Å². The molecule has 1 atom stereocenters. The normalized spacial score (nSPS) is 15.6. The predicted octanol–water partition coefficient (Wildman–Crippen LogP) is 1.39. The molecule has 2 N–H and O–H groups in total. The fourth-order valence-corrected chi connectivity index (χ4v) is 1.48. The Hall–Kier alpha value is -0.450. The van der Waals surface area contributed by atoms with Crippen LogP contribution in [0, 0.1) is 0 Å². The second kappa shape index (κ2) is 4.69. The van der Waals surface area contributed by atoms with Crippen molar-refractivity contribution in [2.75, 3.05) is 6.61 Å². The van der Waals surface area contributed by atoms with Crippen molar-refractivity contribution in [3.05, 3.63) is 16.6 Å². The summed E-state index contributed by atoms with van der Waals surface area (Å²) in [6.45, 7) is 4.96. The highest BCUT2D eigenvalue weighted by Gasteiger charge is 2.19. The van der Waals surface area contributed by atoms with Gasteiger partial charge in [-0.2, -0.15) is 0 Å². The Morgan fingerprint density at radius 3 is 2.92 bits per heavy atom. The van der Waals surface area contributed by atoms with E-state index in [4.69, 9.17) is 5.11 Å². The molecule has 1 aromatic rings. The first-order valence-corrected chi connectivity index (χ1v) is 5.37. The number of aromatic nitrogens is 1. The number of nitrogens with one attached hydrogen (secondary N) is 1. The monoisotopic (exact) mass is 200 g/mol. The lowest BCUT2D eigenvalue weighted by Crippen LogP contribution is -2.44. The van der Waals surface area contributed by atoms with Crippen LogP contribution in [0.2, 0.25) is 0 Å². The van der Waals surface area contributed by atoms with Crippen LogP contribution in [0.4, 0.5) is 0 Å². The molecule has 13 heavy (non-hydrogen) atoms. The Bertz CT molecular complexity index is 232. The fraction of sp³-hybridized carbons (Fsp3) is 0.667. The summed E-state index contributed by atoms with van der Waals surface area (Å²) in [5, 5.41) is 14.4. The molecule has 0 radical (unpaired) electrons. The van der Waals surface area contributed by atoms with Crippen LogP contribution in [-0.2, 0) is 6.54 Å². The highest BCUT2D eigenvalue weighted by atomic mass is 32.1. The molecule has 0 aliphatic heterocycles. The summed E-state index contributed by atoms with van der Waals surface area (Å²) in [7, 11) is 0. The molecular weight excluding hydrogens is 184 g/mol. The van der Waals surface area contributed by atoms with Crippen LogP contribution in [0.25, 0.3) is 0 Å². The summed E-state index contributed by atoms with van der Waals surface area (Å²) in [5.41, 5.74) is 2.68. The topological polar surface area (TPSA) is 45.1 Å². The van der Waals surface area contributed by atoms with E-state index in [9.17, 15) is 0 Å². The minimum atomic E-state index is -0.177. The Labute approximate surface area is 82.8 Å². The zero-order chi connectivity index (χ0) is 9.73. The predicted molar refractivity (Wildman–Crippen MR) is 54.7 cm³/mol. The third-order valence-corrected chi connectivity index (χ3v) is 2.94. The maximum absolute atomic E-state index is 9.13. The Morgan fingerprint density at radius 2 is 2.46 bits per heavy atom. The molecule has 4 heteroatoms. The lowest BCUT2D eigenvalue weighted by Gasteiger charge is -2.26. The molecule has 1 heterocycles. The van der Waals surface area contributed by atoms with Crippen molar-refractivity contribution in [3.63, 3.8) is 0 Å². The average Bonchev–Trinajstić information content (AvgIpc) is 2.67.